The van der Waals surface area contributed by atoms with Crippen LogP contribution >= 0.6 is 0 Å². The maximum Gasteiger partial charge on any atom is 0.321 e. The van der Waals surface area contributed by atoms with Gasteiger partial charge in [-0.05, 0) is 46.2 Å². The van der Waals surface area contributed by atoms with Crippen molar-refractivity contribution in [2.75, 3.05) is 13.2 Å². The minimum absolute atomic E-state index is 0.0151. The summed E-state index contributed by atoms with van der Waals surface area (Å²) >= 11 is 0. The van der Waals surface area contributed by atoms with Crippen molar-refractivity contribution in [3.63, 3.8) is 0 Å². The van der Waals surface area contributed by atoms with E-state index in [-0.39, 0.29) is 19.1 Å². The van der Waals surface area contributed by atoms with Gasteiger partial charge in [0.05, 0.1) is 6.54 Å². The number of hydrogen-bond donors (Lipinski definition) is 2. The molecule has 5 heteroatoms. The Hall–Kier alpha value is -3.44. The van der Waals surface area contributed by atoms with E-state index in [4.69, 9.17) is 4.74 Å². The number of benzene rings is 3. The summed E-state index contributed by atoms with van der Waals surface area (Å²) in [5.41, 5.74) is 6.74. The van der Waals surface area contributed by atoms with E-state index in [2.05, 4.69) is 36.5 Å². The molecule has 1 aliphatic rings. The summed E-state index contributed by atoms with van der Waals surface area (Å²) in [4.78, 5) is 24.1. The highest BCUT2D eigenvalue weighted by molar-refractivity contribution is 5.79. The summed E-state index contributed by atoms with van der Waals surface area (Å²) in [6.45, 7) is 2.15. The number of carbonyl (C=O) groups excluding carboxylic acids is 1. The number of esters is 1. The maximum absolute atomic E-state index is 12.4. The summed E-state index contributed by atoms with van der Waals surface area (Å²) in [6, 6.07) is 23.3. The molecule has 1 atom stereocenters. The molecule has 3 aromatic rings. The van der Waals surface area contributed by atoms with Crippen molar-refractivity contribution >= 4 is 11.9 Å². The highest BCUT2D eigenvalue weighted by Crippen LogP contribution is 2.44. The van der Waals surface area contributed by atoms with Gasteiger partial charge in [-0.3, -0.25) is 14.9 Å². The lowest BCUT2D eigenvalue weighted by atomic mass is 9.98. The number of ether oxygens (including phenoxy) is 1. The van der Waals surface area contributed by atoms with E-state index in [1.54, 1.807) is 0 Å². The highest BCUT2D eigenvalue weighted by Gasteiger charge is 2.29. The van der Waals surface area contributed by atoms with Gasteiger partial charge in [-0.2, -0.15) is 0 Å². The Balaban J connectivity index is 1.35. The second-order valence-corrected chi connectivity index (χ2v) is 8.06. The summed E-state index contributed by atoms with van der Waals surface area (Å²) in [5.74, 6) is -1.46. The zero-order valence-electron chi connectivity index (χ0n) is 18.1. The topological polar surface area (TPSA) is 75.6 Å². The number of hydrogen-bond acceptors (Lipinski definition) is 4. The fourth-order valence-electron chi connectivity index (χ4n) is 4.27. The van der Waals surface area contributed by atoms with Crippen molar-refractivity contribution in [3.8, 4) is 11.1 Å². The fraction of sp³-hybridized carbons (Fsp3) is 0.259. The van der Waals surface area contributed by atoms with Gasteiger partial charge < -0.3 is 9.84 Å². The zero-order valence-corrected chi connectivity index (χ0v) is 18.1. The Kier molecular flexibility index (Phi) is 6.66. The van der Waals surface area contributed by atoms with Crippen LogP contribution in [0, 0.1) is 0 Å². The summed E-state index contributed by atoms with van der Waals surface area (Å²) in [7, 11) is 0. The van der Waals surface area contributed by atoms with Crippen LogP contribution in [0.4, 0.5) is 0 Å². The number of aryl methyl sites for hydroxylation is 1. The lowest BCUT2D eigenvalue weighted by Gasteiger charge is -2.16. The number of carboxylic acid groups (broad SMARTS) is 1. The second-order valence-electron chi connectivity index (χ2n) is 8.06. The third-order valence-electron chi connectivity index (χ3n) is 6.04. The molecule has 0 heterocycles. The molecular formula is C27H27NO4. The molecule has 32 heavy (non-hydrogen) atoms. The first kappa shape index (κ1) is 21.8. The lowest BCUT2D eigenvalue weighted by molar-refractivity contribution is -0.144. The molecule has 0 spiro atoms. The summed E-state index contributed by atoms with van der Waals surface area (Å²) < 4.78 is 5.56. The van der Waals surface area contributed by atoms with Gasteiger partial charge in [0, 0.05) is 5.92 Å². The third kappa shape index (κ3) is 4.73. The van der Waals surface area contributed by atoms with Gasteiger partial charge in [0.2, 0.25) is 0 Å². The Morgan fingerprint density at radius 3 is 2.03 bits per heavy atom. The van der Waals surface area contributed by atoms with E-state index >= 15 is 0 Å². The van der Waals surface area contributed by atoms with Crippen molar-refractivity contribution in [1.82, 2.24) is 5.32 Å². The van der Waals surface area contributed by atoms with Crippen molar-refractivity contribution in [1.29, 1.82) is 0 Å². The molecule has 164 valence electrons. The molecule has 0 fully saturated rings. The van der Waals surface area contributed by atoms with E-state index in [0.717, 1.165) is 23.1 Å². The second kappa shape index (κ2) is 9.79. The van der Waals surface area contributed by atoms with Gasteiger partial charge in [-0.15, -0.1) is 0 Å². The average Bonchev–Trinajstić information content (AvgIpc) is 3.14. The van der Waals surface area contributed by atoms with Gasteiger partial charge in [0.1, 0.15) is 12.6 Å². The first-order valence-electron chi connectivity index (χ1n) is 10.9. The number of fused-ring (bicyclic) bond motifs is 3. The van der Waals surface area contributed by atoms with Crippen LogP contribution in [-0.2, 0) is 27.2 Å². The summed E-state index contributed by atoms with van der Waals surface area (Å²) in [6.07, 6.45) is 1.23. The van der Waals surface area contributed by atoms with E-state index in [1.807, 2.05) is 48.5 Å². The predicted molar refractivity (Wildman–Crippen MR) is 124 cm³/mol. The monoisotopic (exact) mass is 429 g/mol. The molecule has 0 saturated carbocycles. The molecule has 4 rings (SSSR count). The lowest BCUT2D eigenvalue weighted by Crippen LogP contribution is -2.41. The van der Waals surface area contributed by atoms with Gasteiger partial charge >= 0.3 is 11.9 Å². The number of carboxylic acids is 1. The molecule has 3 aromatic carbocycles. The van der Waals surface area contributed by atoms with Gasteiger partial charge in [-0.1, -0.05) is 79.7 Å². The van der Waals surface area contributed by atoms with Crippen molar-refractivity contribution < 1.29 is 19.4 Å². The van der Waals surface area contributed by atoms with Crippen LogP contribution in [0.3, 0.4) is 0 Å². The van der Waals surface area contributed by atoms with Crippen LogP contribution in [0.15, 0.2) is 72.8 Å². The molecule has 2 N–H and O–H groups in total. The van der Waals surface area contributed by atoms with Crippen molar-refractivity contribution in [2.24, 2.45) is 0 Å². The molecule has 1 unspecified atom stereocenters. The highest BCUT2D eigenvalue weighted by atomic mass is 16.5. The quantitative estimate of drug-likeness (QED) is 0.499. The molecule has 5 nitrogen and oxygen atoms in total. The predicted octanol–water partition coefficient (Wildman–Crippen LogP) is 4.19. The van der Waals surface area contributed by atoms with E-state index in [9.17, 15) is 14.7 Å². The number of nitrogens with one attached hydrogen (secondary N) is 1. The van der Waals surface area contributed by atoms with E-state index in [0.29, 0.717) is 6.42 Å². The molecule has 0 amide bonds. The van der Waals surface area contributed by atoms with Gasteiger partial charge in [-0.25, -0.2) is 0 Å². The van der Waals surface area contributed by atoms with E-state index < -0.39 is 18.0 Å². The molecule has 1 aliphatic carbocycles. The molecule has 0 saturated heterocycles. The minimum Gasteiger partial charge on any atom is -0.480 e. The average molecular weight is 430 g/mol. The van der Waals surface area contributed by atoms with Gasteiger partial charge in [0.15, 0.2) is 0 Å². The normalized spacial score (nSPS) is 13.3. The van der Waals surface area contributed by atoms with Crippen LogP contribution in [0.5, 0.6) is 0 Å². The molecule has 0 aromatic heterocycles. The van der Waals surface area contributed by atoms with Crippen LogP contribution in [0.25, 0.3) is 11.1 Å². The minimum atomic E-state index is -0.990. The number of carbonyl (C=O) groups is 2. The van der Waals surface area contributed by atoms with Crippen LogP contribution in [0.2, 0.25) is 0 Å². The van der Waals surface area contributed by atoms with Crippen molar-refractivity contribution in [2.45, 2.75) is 31.7 Å². The van der Waals surface area contributed by atoms with Crippen LogP contribution in [0.1, 0.15) is 35.1 Å². The number of rotatable bonds is 9. The largest absolute Gasteiger partial charge is 0.480 e. The smallest absolute Gasteiger partial charge is 0.321 e. The van der Waals surface area contributed by atoms with Crippen LogP contribution < -0.4 is 5.32 Å². The van der Waals surface area contributed by atoms with E-state index in [1.165, 1.54) is 16.7 Å². The third-order valence-corrected chi connectivity index (χ3v) is 6.04. The van der Waals surface area contributed by atoms with Gasteiger partial charge in [0.25, 0.3) is 0 Å². The standard InChI is InChI=1S/C27H27NO4/c1-2-18-11-13-19(14-12-18)15-25(27(30)31)28-16-26(29)32-17-24-22-9-5-3-7-20(22)21-8-4-6-10-23(21)24/h3-14,24-25,28H,2,15-17H2,1H3,(H,30,31). The summed E-state index contributed by atoms with van der Waals surface area (Å²) in [5, 5.41) is 12.4. The van der Waals surface area contributed by atoms with Crippen molar-refractivity contribution in [3.05, 3.63) is 95.1 Å². The Bertz CT molecular complexity index is 1060. The van der Waals surface area contributed by atoms with Crippen LogP contribution in [-0.4, -0.2) is 36.2 Å². The Morgan fingerprint density at radius 2 is 1.47 bits per heavy atom. The molecule has 0 bridgehead atoms. The molecule has 0 radical (unpaired) electrons. The zero-order chi connectivity index (χ0) is 22.5. The molecule has 0 aliphatic heterocycles. The SMILES string of the molecule is CCc1ccc(CC(NCC(=O)OCC2c3ccccc3-c3ccccc32)C(=O)O)cc1. The first-order chi connectivity index (χ1) is 15.6. The Morgan fingerprint density at radius 1 is 0.906 bits per heavy atom. The maximum atomic E-state index is 12.4. The molecular weight excluding hydrogens is 402 g/mol. The fourth-order valence-corrected chi connectivity index (χ4v) is 4.27. The Labute approximate surface area is 188 Å². The number of aliphatic carboxylic acids is 1. The first-order valence-corrected chi connectivity index (χ1v) is 10.9.